The lowest BCUT2D eigenvalue weighted by Crippen LogP contribution is -2.39. The van der Waals surface area contributed by atoms with Crippen molar-refractivity contribution in [3.8, 4) is 0 Å². The van der Waals surface area contributed by atoms with Crippen LogP contribution >= 0.6 is 11.6 Å². The van der Waals surface area contributed by atoms with Crippen LogP contribution < -0.4 is 0 Å². The highest BCUT2D eigenvalue weighted by Gasteiger charge is 2.32. The molecule has 3 rings (SSSR count). The first-order valence-electron chi connectivity index (χ1n) is 7.78. The van der Waals surface area contributed by atoms with Crippen LogP contribution in [-0.4, -0.2) is 42.7 Å². The predicted molar refractivity (Wildman–Crippen MR) is 83.7 cm³/mol. The minimum absolute atomic E-state index is 0.190. The minimum Gasteiger partial charge on any atom is -0.337 e. The third-order valence-electron chi connectivity index (χ3n) is 4.40. The summed E-state index contributed by atoms with van der Waals surface area (Å²) in [4.78, 5) is 14.6. The van der Waals surface area contributed by atoms with E-state index >= 15 is 0 Å². The van der Waals surface area contributed by atoms with Gasteiger partial charge in [-0.3, -0.25) is 4.79 Å². The van der Waals surface area contributed by atoms with Crippen LogP contribution in [0.4, 0.5) is 0 Å². The molecule has 1 saturated heterocycles. The lowest BCUT2D eigenvalue weighted by Gasteiger charge is -2.28. The van der Waals surface area contributed by atoms with Crippen LogP contribution in [0.2, 0.25) is 5.15 Å². The number of carbonyl (C=O) groups excluding carboxylic acids is 1. The largest absolute Gasteiger partial charge is 0.337 e. The highest BCUT2D eigenvalue weighted by atomic mass is 35.5. The van der Waals surface area contributed by atoms with E-state index in [0.29, 0.717) is 41.6 Å². The lowest BCUT2D eigenvalue weighted by atomic mass is 10.1. The van der Waals surface area contributed by atoms with Crippen LogP contribution in [0.3, 0.4) is 0 Å². The van der Waals surface area contributed by atoms with Gasteiger partial charge in [0.15, 0.2) is 11.5 Å². The second-order valence-electron chi connectivity index (χ2n) is 5.83. The smallest absolute Gasteiger partial charge is 0.223 e. The number of fused-ring (bicyclic) bond motifs is 1. The molecule has 1 fully saturated rings. The fourth-order valence-corrected chi connectivity index (χ4v) is 3.38. The Morgan fingerprint density at radius 1 is 1.36 bits per heavy atom. The van der Waals surface area contributed by atoms with Gasteiger partial charge in [-0.05, 0) is 38.3 Å². The summed E-state index contributed by atoms with van der Waals surface area (Å²) in [6, 6.07) is 4.16. The third kappa shape index (κ3) is 2.79. The third-order valence-corrected chi connectivity index (χ3v) is 4.60. The minimum atomic E-state index is 0.190. The SMILES string of the molecule is CCC1CCC(C)N1C(=O)CCc1nnc2ccc(Cl)nn12. The Labute approximate surface area is 134 Å². The molecule has 0 N–H and O–H groups in total. The molecule has 0 aromatic carbocycles. The molecule has 2 aromatic rings. The molecule has 7 heteroatoms. The first kappa shape index (κ1) is 15.2. The number of amides is 1. The fourth-order valence-electron chi connectivity index (χ4n) is 3.24. The molecule has 0 aliphatic carbocycles. The number of rotatable bonds is 4. The zero-order valence-corrected chi connectivity index (χ0v) is 13.6. The van der Waals surface area contributed by atoms with E-state index in [2.05, 4.69) is 29.1 Å². The number of aromatic nitrogens is 4. The van der Waals surface area contributed by atoms with Gasteiger partial charge in [0.25, 0.3) is 0 Å². The van der Waals surface area contributed by atoms with Crippen LogP contribution in [0, 0.1) is 0 Å². The van der Waals surface area contributed by atoms with Crippen molar-refractivity contribution in [1.29, 1.82) is 0 Å². The van der Waals surface area contributed by atoms with Crippen molar-refractivity contribution in [2.24, 2.45) is 0 Å². The van der Waals surface area contributed by atoms with Gasteiger partial charge in [-0.15, -0.1) is 10.2 Å². The van der Waals surface area contributed by atoms with Gasteiger partial charge in [-0.1, -0.05) is 18.5 Å². The van der Waals surface area contributed by atoms with Crippen molar-refractivity contribution in [3.63, 3.8) is 0 Å². The molecule has 0 saturated carbocycles. The van der Waals surface area contributed by atoms with Gasteiger partial charge in [0, 0.05) is 24.9 Å². The number of nitrogens with zero attached hydrogens (tertiary/aromatic N) is 5. The topological polar surface area (TPSA) is 63.4 Å². The number of hydrogen-bond acceptors (Lipinski definition) is 4. The van der Waals surface area contributed by atoms with Gasteiger partial charge in [-0.2, -0.15) is 9.61 Å². The molecule has 2 unspecified atom stereocenters. The maximum atomic E-state index is 12.5. The van der Waals surface area contributed by atoms with Crippen LogP contribution in [0.1, 0.15) is 45.4 Å². The number of likely N-dealkylation sites (tertiary alicyclic amines) is 1. The number of hydrogen-bond donors (Lipinski definition) is 0. The van der Waals surface area contributed by atoms with Gasteiger partial charge < -0.3 is 4.90 Å². The molecule has 1 aliphatic heterocycles. The summed E-state index contributed by atoms with van der Waals surface area (Å²) in [5.74, 6) is 0.862. The van der Waals surface area contributed by atoms with Crippen molar-refractivity contribution in [1.82, 2.24) is 24.7 Å². The molecular formula is C15H20ClN5O. The van der Waals surface area contributed by atoms with Crippen molar-refractivity contribution in [2.45, 2.75) is 58.0 Å². The maximum Gasteiger partial charge on any atom is 0.223 e. The van der Waals surface area contributed by atoms with E-state index in [0.717, 1.165) is 19.3 Å². The van der Waals surface area contributed by atoms with Gasteiger partial charge in [0.1, 0.15) is 5.15 Å². The molecule has 1 aliphatic rings. The van der Waals surface area contributed by atoms with E-state index < -0.39 is 0 Å². The monoisotopic (exact) mass is 321 g/mol. The zero-order chi connectivity index (χ0) is 15.7. The Balaban J connectivity index is 1.71. The second kappa shape index (κ2) is 6.20. The van der Waals surface area contributed by atoms with Crippen molar-refractivity contribution >= 4 is 23.2 Å². The van der Waals surface area contributed by atoms with Gasteiger partial charge in [0.05, 0.1) is 0 Å². The fraction of sp³-hybridized carbons (Fsp3) is 0.600. The maximum absolute atomic E-state index is 12.5. The second-order valence-corrected chi connectivity index (χ2v) is 6.22. The Hall–Kier alpha value is -1.69. The average molecular weight is 322 g/mol. The zero-order valence-electron chi connectivity index (χ0n) is 12.9. The molecule has 0 bridgehead atoms. The summed E-state index contributed by atoms with van der Waals surface area (Å²) in [6.45, 7) is 4.27. The van der Waals surface area contributed by atoms with E-state index in [4.69, 9.17) is 11.6 Å². The van der Waals surface area contributed by atoms with Gasteiger partial charge >= 0.3 is 0 Å². The molecular weight excluding hydrogens is 302 g/mol. The summed E-state index contributed by atoms with van der Waals surface area (Å²) in [5, 5.41) is 12.7. The standard InChI is InChI=1S/C15H20ClN5O/c1-3-11-5-4-10(2)20(11)15(22)9-8-14-18-17-13-7-6-12(16)19-21(13)14/h6-7,10-11H,3-5,8-9H2,1-2H3. The first-order valence-corrected chi connectivity index (χ1v) is 8.16. The quantitative estimate of drug-likeness (QED) is 0.868. The Bertz CT molecular complexity index is 686. The Morgan fingerprint density at radius 2 is 2.18 bits per heavy atom. The van der Waals surface area contributed by atoms with E-state index in [1.165, 1.54) is 0 Å². The van der Waals surface area contributed by atoms with E-state index in [9.17, 15) is 4.79 Å². The first-order chi connectivity index (χ1) is 10.6. The average Bonchev–Trinajstić information content (AvgIpc) is 3.07. The van der Waals surface area contributed by atoms with E-state index in [-0.39, 0.29) is 5.91 Å². The highest BCUT2D eigenvalue weighted by Crippen LogP contribution is 2.26. The van der Waals surface area contributed by atoms with Crippen molar-refractivity contribution in [3.05, 3.63) is 23.1 Å². The molecule has 2 aromatic heterocycles. The summed E-state index contributed by atoms with van der Waals surface area (Å²) in [7, 11) is 0. The molecule has 118 valence electrons. The van der Waals surface area contributed by atoms with Crippen LogP contribution in [0.5, 0.6) is 0 Å². The summed E-state index contributed by atoms with van der Waals surface area (Å²) in [5.41, 5.74) is 0.646. The normalized spacial score (nSPS) is 21.7. The molecule has 1 amide bonds. The van der Waals surface area contributed by atoms with Crippen LogP contribution in [0.15, 0.2) is 12.1 Å². The highest BCUT2D eigenvalue weighted by molar-refractivity contribution is 6.29. The summed E-state index contributed by atoms with van der Waals surface area (Å²) >= 11 is 5.91. The Kier molecular flexibility index (Phi) is 4.29. The number of halogens is 1. The van der Waals surface area contributed by atoms with Crippen LogP contribution in [0.25, 0.3) is 5.65 Å². The molecule has 6 nitrogen and oxygen atoms in total. The Morgan fingerprint density at radius 3 is 2.95 bits per heavy atom. The molecule has 2 atom stereocenters. The molecule has 3 heterocycles. The number of carbonyl (C=O) groups is 1. The molecule has 0 radical (unpaired) electrons. The van der Waals surface area contributed by atoms with Crippen molar-refractivity contribution in [2.75, 3.05) is 0 Å². The molecule has 22 heavy (non-hydrogen) atoms. The predicted octanol–water partition coefficient (Wildman–Crippen LogP) is 2.50. The number of aryl methyl sites for hydroxylation is 1. The van der Waals surface area contributed by atoms with Crippen LogP contribution in [-0.2, 0) is 11.2 Å². The van der Waals surface area contributed by atoms with Gasteiger partial charge in [-0.25, -0.2) is 0 Å². The van der Waals surface area contributed by atoms with Crippen molar-refractivity contribution < 1.29 is 4.79 Å². The summed E-state index contributed by atoms with van der Waals surface area (Å²) < 4.78 is 1.61. The van der Waals surface area contributed by atoms with E-state index in [1.54, 1.807) is 16.6 Å². The molecule has 0 spiro atoms. The van der Waals surface area contributed by atoms with Gasteiger partial charge in [0.2, 0.25) is 5.91 Å². The van der Waals surface area contributed by atoms with E-state index in [1.807, 2.05) is 4.90 Å². The lowest BCUT2D eigenvalue weighted by molar-refractivity contribution is -0.133. The summed E-state index contributed by atoms with van der Waals surface area (Å²) in [6.07, 6.45) is 4.16.